The van der Waals surface area contributed by atoms with Crippen LogP contribution in [0.15, 0.2) is 109 Å². The average molecular weight is 1020 g/mol. The highest BCUT2D eigenvalue weighted by Crippen LogP contribution is 2.65. The minimum atomic E-state index is -0.201. The molecule has 6 bridgehead atoms. The molecule has 15 rings (SSSR count). The highest BCUT2D eigenvalue weighted by molar-refractivity contribution is 6.99. The molecule has 2 nitrogen and oxygen atoms in total. The van der Waals surface area contributed by atoms with Crippen LogP contribution < -0.4 is 26.2 Å². The van der Waals surface area contributed by atoms with Gasteiger partial charge in [-0.15, -0.1) is 0 Å². The van der Waals surface area contributed by atoms with E-state index < -0.39 is 0 Å². The van der Waals surface area contributed by atoms with E-state index in [1.54, 1.807) is 16.7 Å². The summed E-state index contributed by atoms with van der Waals surface area (Å²) in [7, 11) is 0. The Kier molecular flexibility index (Phi) is 9.57. The van der Waals surface area contributed by atoms with E-state index in [9.17, 15) is 0 Å². The van der Waals surface area contributed by atoms with Gasteiger partial charge in [-0.05, 0) is 211 Å². The molecule has 0 radical (unpaired) electrons. The second-order valence-electron chi connectivity index (χ2n) is 30.7. The molecule has 78 heavy (non-hydrogen) atoms. The molecule has 3 heteroatoms. The van der Waals surface area contributed by atoms with Crippen LogP contribution in [-0.4, -0.2) is 12.3 Å². The predicted octanol–water partition coefficient (Wildman–Crippen LogP) is 17.5. The summed E-state index contributed by atoms with van der Waals surface area (Å²) in [5, 5.41) is 0. The molecule has 0 N–H and O–H groups in total. The number of nitrogens with zero attached hydrogens (tertiary/aromatic N) is 2. The SMILES string of the molecule is Cc1cc2c3c(c1)N1c4cc5c(cc4C)C(C)(C)CCC5(C)c4cc5c(cc4C(C)(C)C)C4(C)CCCCC4(C)N5c4ccc(c1c4)B3c1cc3c(cc1C2c1cccc2c1-c1ccccc1C2(C)C)C(C)(C)CCC3(C)C. The molecule has 1 fully saturated rings. The van der Waals surface area contributed by atoms with Crippen molar-refractivity contribution in [2.75, 3.05) is 9.80 Å². The lowest BCUT2D eigenvalue weighted by Crippen LogP contribution is -2.62. The normalized spacial score (nSPS) is 26.2. The van der Waals surface area contributed by atoms with E-state index in [2.05, 4.69) is 230 Å². The quantitative estimate of drug-likeness (QED) is 0.151. The third-order valence-electron chi connectivity index (χ3n) is 23.4. The van der Waals surface area contributed by atoms with Gasteiger partial charge in [-0.1, -0.05) is 187 Å². The van der Waals surface area contributed by atoms with E-state index in [4.69, 9.17) is 0 Å². The minimum Gasteiger partial charge on any atom is -0.334 e. The van der Waals surface area contributed by atoms with Gasteiger partial charge in [0.25, 0.3) is 0 Å². The summed E-state index contributed by atoms with van der Waals surface area (Å²) in [5.41, 5.74) is 34.7. The van der Waals surface area contributed by atoms with Crippen LogP contribution in [0.5, 0.6) is 0 Å². The fraction of sp³-hybridized carbons (Fsp3) is 0.440. The van der Waals surface area contributed by atoms with Crippen LogP contribution in [0.2, 0.25) is 0 Å². The van der Waals surface area contributed by atoms with Crippen molar-refractivity contribution in [1.82, 2.24) is 0 Å². The number of fused-ring (bicyclic) bond motifs is 17. The molecule has 8 aliphatic rings. The Morgan fingerprint density at radius 2 is 1.15 bits per heavy atom. The van der Waals surface area contributed by atoms with Crippen molar-refractivity contribution in [2.45, 2.75) is 212 Å². The van der Waals surface area contributed by atoms with Gasteiger partial charge >= 0.3 is 0 Å². The Morgan fingerprint density at radius 1 is 0.487 bits per heavy atom. The first kappa shape index (κ1) is 49.3. The Balaban J connectivity index is 1.09. The molecule has 4 heterocycles. The van der Waals surface area contributed by atoms with Crippen molar-refractivity contribution in [3.63, 3.8) is 0 Å². The molecule has 0 amide bonds. The van der Waals surface area contributed by atoms with Crippen molar-refractivity contribution in [2.24, 2.45) is 0 Å². The van der Waals surface area contributed by atoms with Gasteiger partial charge in [-0.25, -0.2) is 0 Å². The summed E-state index contributed by atoms with van der Waals surface area (Å²) in [6.07, 6.45) is 9.57. The monoisotopic (exact) mass is 1020 g/mol. The van der Waals surface area contributed by atoms with Crippen LogP contribution in [0.1, 0.15) is 232 Å². The second-order valence-corrected chi connectivity index (χ2v) is 30.7. The molecule has 0 saturated heterocycles. The van der Waals surface area contributed by atoms with Crippen LogP contribution in [0, 0.1) is 13.8 Å². The third kappa shape index (κ3) is 6.03. The van der Waals surface area contributed by atoms with Crippen LogP contribution in [0.3, 0.4) is 0 Å². The third-order valence-corrected chi connectivity index (χ3v) is 23.4. The Morgan fingerprint density at radius 3 is 1.90 bits per heavy atom. The van der Waals surface area contributed by atoms with E-state index in [0.29, 0.717) is 0 Å². The van der Waals surface area contributed by atoms with E-state index in [0.717, 1.165) is 12.8 Å². The van der Waals surface area contributed by atoms with Crippen LogP contribution in [-0.2, 0) is 37.9 Å². The maximum Gasteiger partial charge on any atom is 0.247 e. The zero-order valence-corrected chi connectivity index (χ0v) is 50.1. The van der Waals surface area contributed by atoms with Gasteiger partial charge in [-0.2, -0.15) is 0 Å². The van der Waals surface area contributed by atoms with Crippen molar-refractivity contribution in [3.05, 3.63) is 187 Å². The molecular weight excluding hydrogens is 940 g/mol. The summed E-state index contributed by atoms with van der Waals surface area (Å²) in [5.74, 6) is 0.0442. The van der Waals surface area contributed by atoms with Crippen LogP contribution in [0.4, 0.5) is 28.4 Å². The largest absolute Gasteiger partial charge is 0.334 e. The van der Waals surface area contributed by atoms with Crippen LogP contribution >= 0.6 is 0 Å². The Bertz CT molecular complexity index is 3850. The maximum atomic E-state index is 2.91. The molecular formula is C75H83BN2. The number of hydrogen-bond donors (Lipinski definition) is 0. The highest BCUT2D eigenvalue weighted by Gasteiger charge is 2.59. The molecule has 7 aromatic carbocycles. The van der Waals surface area contributed by atoms with Gasteiger partial charge in [-0.3, -0.25) is 0 Å². The lowest BCUT2D eigenvalue weighted by Gasteiger charge is -2.51. The molecule has 1 saturated carbocycles. The molecule has 396 valence electrons. The summed E-state index contributed by atoms with van der Waals surface area (Å²) in [6, 6.07) is 46.3. The first-order valence-electron chi connectivity index (χ1n) is 30.4. The van der Waals surface area contributed by atoms with Crippen LogP contribution in [0.25, 0.3) is 11.1 Å². The fourth-order valence-corrected chi connectivity index (χ4v) is 18.5. The first-order chi connectivity index (χ1) is 36.7. The van der Waals surface area contributed by atoms with Gasteiger partial charge < -0.3 is 9.80 Å². The second kappa shape index (κ2) is 15.1. The molecule has 0 aromatic heterocycles. The molecule has 7 aromatic rings. The van der Waals surface area contributed by atoms with E-state index in [1.165, 1.54) is 156 Å². The maximum absolute atomic E-state index is 2.91. The van der Waals surface area contributed by atoms with Gasteiger partial charge in [0.05, 0.1) is 5.54 Å². The lowest BCUT2D eigenvalue weighted by molar-refractivity contribution is 0.195. The summed E-state index contributed by atoms with van der Waals surface area (Å²) >= 11 is 0. The van der Waals surface area contributed by atoms with E-state index in [-0.39, 0.29) is 56.1 Å². The zero-order chi connectivity index (χ0) is 54.6. The molecule has 4 unspecified atom stereocenters. The number of aryl methyl sites for hydroxylation is 2. The predicted molar refractivity (Wildman–Crippen MR) is 332 cm³/mol. The Hall–Kier alpha value is -5.80. The fourth-order valence-electron chi connectivity index (χ4n) is 18.5. The lowest BCUT2D eigenvalue weighted by atomic mass is 9.30. The van der Waals surface area contributed by atoms with Crippen molar-refractivity contribution in [3.8, 4) is 11.1 Å². The van der Waals surface area contributed by atoms with Gasteiger partial charge in [0.1, 0.15) is 0 Å². The highest BCUT2D eigenvalue weighted by atomic mass is 15.3. The number of rotatable bonds is 1. The van der Waals surface area contributed by atoms with Crippen molar-refractivity contribution in [1.29, 1.82) is 0 Å². The number of benzene rings is 7. The first-order valence-corrected chi connectivity index (χ1v) is 30.4. The topological polar surface area (TPSA) is 6.48 Å². The molecule has 4 aliphatic carbocycles. The van der Waals surface area contributed by atoms with Gasteiger partial charge in [0.2, 0.25) is 6.71 Å². The van der Waals surface area contributed by atoms with E-state index in [1.807, 2.05) is 0 Å². The number of hydrogen-bond acceptors (Lipinski definition) is 2. The molecule has 0 spiro atoms. The summed E-state index contributed by atoms with van der Waals surface area (Å²) < 4.78 is 0. The van der Waals surface area contributed by atoms with Crippen molar-refractivity contribution >= 4 is 51.5 Å². The average Bonchev–Trinajstić information content (AvgIpc) is 3.22. The zero-order valence-electron chi connectivity index (χ0n) is 50.1. The minimum absolute atomic E-state index is 0.00658. The summed E-state index contributed by atoms with van der Waals surface area (Å²) in [6.45, 7) is 40.4. The standard InChI is InChI=1S/C75H83BN2/c1-43-34-49-65(47-23-21-25-51-66(47)46-22-17-18-24-50(46)72(51,12)13)48-38-54-55(70(8,9)31-30-69(54,6)7)40-60(48)76-59-27-26-45-37-63(59)77(64(35-43)67(49)76)61-41-57-53(36-44(61)2)71(10,11)32-33-73(57,14)56-42-62-58(39-52(56)68(3,4)5)74(15)28-19-20-29-75(74,16)78(45)62/h17-18,21-27,34-42,65H,19-20,28-33H2,1-16H3. The van der Waals surface area contributed by atoms with Gasteiger partial charge in [0, 0.05) is 50.6 Å². The van der Waals surface area contributed by atoms with Crippen molar-refractivity contribution < 1.29 is 0 Å². The smallest absolute Gasteiger partial charge is 0.247 e. The van der Waals surface area contributed by atoms with Gasteiger partial charge in [0.15, 0.2) is 0 Å². The molecule has 4 aliphatic heterocycles. The Labute approximate surface area is 468 Å². The number of anilines is 5. The summed E-state index contributed by atoms with van der Waals surface area (Å²) in [4.78, 5) is 5.73. The van der Waals surface area contributed by atoms with E-state index >= 15 is 0 Å². The molecule has 4 atom stereocenters.